The molecule has 52 valence electrons. The number of nitrogen functional groups attached to an aromatic ring is 1. The first-order valence-corrected chi connectivity index (χ1v) is 2.73. The van der Waals surface area contributed by atoms with Gasteiger partial charge in [0.15, 0.2) is 2.82 Å². The third-order valence-electron chi connectivity index (χ3n) is 1.13. The molecular weight excluding hydrogens is 130 g/mol. The van der Waals surface area contributed by atoms with Gasteiger partial charge in [-0.3, -0.25) is 0 Å². The van der Waals surface area contributed by atoms with E-state index in [1.165, 1.54) is 12.1 Å². The number of rotatable bonds is 2. The van der Waals surface area contributed by atoms with Gasteiger partial charge in [-0.2, -0.15) is 0 Å². The number of anilines is 1. The van der Waals surface area contributed by atoms with Crippen LogP contribution in [0.2, 0.25) is 2.82 Å². The molecule has 0 heterocycles. The van der Waals surface area contributed by atoms with Gasteiger partial charge in [0.25, 0.3) is 0 Å². The van der Waals surface area contributed by atoms with Crippen molar-refractivity contribution >= 4 is 11.7 Å². The van der Waals surface area contributed by atoms with Gasteiger partial charge in [0, 0.05) is 5.69 Å². The van der Waals surface area contributed by atoms with Crippen molar-refractivity contribution in [1.82, 2.24) is 0 Å². The van der Waals surface area contributed by atoms with Crippen molar-refractivity contribution in [3.63, 3.8) is 0 Å². The van der Waals surface area contributed by atoms with Crippen LogP contribution in [0.4, 0.5) is 5.69 Å². The van der Waals surface area contributed by atoms with Crippen LogP contribution in [-0.4, -0.2) is 11.1 Å². The number of carboxylic acids is 1. The number of hydrogen-bond donors (Lipinski definition) is 2. The molecule has 0 radical (unpaired) electrons. The fourth-order valence-electron chi connectivity index (χ4n) is 0.654. The molecule has 1 aromatic rings. The molecular formula is C7H7NO2. The molecule has 0 aromatic heterocycles. The standard InChI is InChI=1S/C7H7NO2/c8-6-4-2-1-3-5(6)7(9)10/h1-4H,8H2,(H,9,10)/i/hD2. The Labute approximate surface area is 61.0 Å². The molecule has 1 aromatic carbocycles. The summed E-state index contributed by atoms with van der Waals surface area (Å²) in [5, 5.41) is 8.62. The summed E-state index contributed by atoms with van der Waals surface area (Å²) in [7, 11) is 0. The minimum Gasteiger partial charge on any atom is -0.478 e. The molecule has 0 spiro atoms. The number of nitrogens with two attached hydrogens (primary N) is 1. The summed E-state index contributed by atoms with van der Waals surface area (Å²) in [6.45, 7) is 0. The normalized spacial score (nSPS) is 11.6. The van der Waals surface area contributed by atoms with E-state index in [9.17, 15) is 4.79 Å². The van der Waals surface area contributed by atoms with Gasteiger partial charge in [-0.05, 0) is 12.1 Å². The third kappa shape index (κ3) is 1.07. The Bertz CT molecular complexity index is 301. The minimum atomic E-state index is -1.13. The van der Waals surface area contributed by atoms with Crippen molar-refractivity contribution in [2.45, 2.75) is 0 Å². The van der Waals surface area contributed by atoms with E-state index in [-0.39, 0.29) is 17.0 Å². The molecule has 0 unspecified atom stereocenters. The first kappa shape index (κ1) is 4.33. The van der Waals surface area contributed by atoms with E-state index < -0.39 is 5.97 Å². The zero-order valence-electron chi connectivity index (χ0n) is 7.11. The molecule has 0 saturated heterocycles. The van der Waals surface area contributed by atoms with Crippen LogP contribution in [0, 0.1) is 0 Å². The lowest BCUT2D eigenvalue weighted by atomic mass is 10.2. The van der Waals surface area contributed by atoms with Gasteiger partial charge in [0.1, 0.15) is 0 Å². The summed E-state index contributed by atoms with van der Waals surface area (Å²) in [5.74, 6) is -1.13. The monoisotopic (exact) mass is 139 g/mol. The van der Waals surface area contributed by atoms with Crippen LogP contribution in [-0.2, 0) is 0 Å². The average Bonchev–Trinajstić information content (AvgIpc) is 2.04. The molecule has 0 aliphatic heterocycles. The Hall–Kier alpha value is -1.51. The van der Waals surface area contributed by atoms with Crippen molar-refractivity contribution in [2.24, 2.45) is 0 Å². The molecule has 0 atom stereocenters. The lowest BCUT2D eigenvalue weighted by Gasteiger charge is -1.96. The van der Waals surface area contributed by atoms with Crippen LogP contribution < -0.4 is 5.72 Å². The highest BCUT2D eigenvalue weighted by atomic mass is 16.4. The fraction of sp³-hybridized carbons (Fsp3) is 0. The highest BCUT2D eigenvalue weighted by Gasteiger charge is 2.03. The summed E-state index contributed by atoms with van der Waals surface area (Å²) < 4.78 is 13.8. The van der Waals surface area contributed by atoms with E-state index in [2.05, 4.69) is 0 Å². The van der Waals surface area contributed by atoms with Gasteiger partial charge < -0.3 is 10.8 Å². The average molecular weight is 139 g/mol. The molecule has 3 heteroatoms. The van der Waals surface area contributed by atoms with Gasteiger partial charge in [-0.25, -0.2) is 4.79 Å². The summed E-state index contributed by atoms with van der Waals surface area (Å²) >= 11 is 0. The maximum atomic E-state index is 10.5. The maximum Gasteiger partial charge on any atom is 0.337 e. The van der Waals surface area contributed by atoms with Gasteiger partial charge >= 0.3 is 5.97 Å². The topological polar surface area (TPSA) is 63.3 Å². The Morgan fingerprint density at radius 3 is 2.80 bits per heavy atom. The predicted molar refractivity (Wildman–Crippen MR) is 37.8 cm³/mol. The number of carboxylic acid groups (broad SMARTS) is 1. The fourth-order valence-corrected chi connectivity index (χ4v) is 0.654. The van der Waals surface area contributed by atoms with Crippen LogP contribution in [0.25, 0.3) is 0 Å². The zero-order chi connectivity index (χ0) is 9.14. The Morgan fingerprint density at radius 2 is 2.30 bits per heavy atom. The molecule has 0 fully saturated rings. The van der Waals surface area contributed by atoms with E-state index in [1.54, 1.807) is 12.1 Å². The first-order valence-electron chi connectivity index (χ1n) is 3.62. The second-order valence-electron chi connectivity index (χ2n) is 1.82. The lowest BCUT2D eigenvalue weighted by Crippen LogP contribution is -2.00. The number of benzene rings is 1. The smallest absolute Gasteiger partial charge is 0.337 e. The minimum absolute atomic E-state index is 0.0394. The van der Waals surface area contributed by atoms with Crippen molar-refractivity contribution in [2.75, 3.05) is 5.72 Å². The molecule has 1 rings (SSSR count). The van der Waals surface area contributed by atoms with Crippen molar-refractivity contribution in [1.29, 1.82) is 0 Å². The molecule has 3 N–H and O–H groups in total. The molecule has 0 aliphatic carbocycles. The van der Waals surface area contributed by atoms with E-state index in [1.807, 2.05) is 0 Å². The van der Waals surface area contributed by atoms with E-state index in [0.29, 0.717) is 0 Å². The molecule has 0 bridgehead atoms. The molecule has 0 aliphatic rings. The van der Waals surface area contributed by atoms with E-state index in [0.717, 1.165) is 0 Å². The lowest BCUT2D eigenvalue weighted by molar-refractivity contribution is 0.0698. The summed E-state index contributed by atoms with van der Waals surface area (Å²) in [4.78, 5) is 10.5. The number of hydrogen-bond acceptors (Lipinski definition) is 2. The van der Waals surface area contributed by atoms with E-state index in [4.69, 9.17) is 7.93 Å². The Kier molecular flexibility index (Phi) is 1.03. The zero-order valence-corrected chi connectivity index (χ0v) is 5.11. The second-order valence-corrected chi connectivity index (χ2v) is 1.82. The largest absolute Gasteiger partial charge is 0.478 e. The van der Waals surface area contributed by atoms with Crippen LogP contribution in [0.1, 0.15) is 10.4 Å². The van der Waals surface area contributed by atoms with E-state index >= 15 is 0 Å². The maximum absolute atomic E-state index is 10.5. The summed E-state index contributed by atoms with van der Waals surface area (Å²) in [6.07, 6.45) is 0. The Morgan fingerprint density at radius 1 is 1.60 bits per heavy atom. The second kappa shape index (κ2) is 2.39. The quantitative estimate of drug-likeness (QED) is 0.600. The van der Waals surface area contributed by atoms with Crippen molar-refractivity contribution < 1.29 is 12.7 Å². The molecule has 10 heavy (non-hydrogen) atoms. The van der Waals surface area contributed by atoms with Crippen LogP contribution in [0.5, 0.6) is 0 Å². The third-order valence-corrected chi connectivity index (χ3v) is 1.13. The van der Waals surface area contributed by atoms with Crippen molar-refractivity contribution in [3.8, 4) is 0 Å². The first-order chi connectivity index (χ1) is 5.63. The number of para-hydroxylation sites is 1. The Balaban J connectivity index is 3.17. The van der Waals surface area contributed by atoms with Gasteiger partial charge in [0.2, 0.25) is 0 Å². The summed E-state index contributed by atoms with van der Waals surface area (Å²) in [5.41, 5.74) is 0.302. The van der Waals surface area contributed by atoms with Crippen molar-refractivity contribution in [3.05, 3.63) is 29.8 Å². The van der Waals surface area contributed by atoms with Crippen LogP contribution in [0.15, 0.2) is 24.3 Å². The SMILES string of the molecule is [2H]N([2H])c1ccccc1C(=O)O. The van der Waals surface area contributed by atoms with Crippen LogP contribution >= 0.6 is 0 Å². The summed E-state index contributed by atoms with van der Waals surface area (Å²) in [6, 6.07) is 5.89. The molecule has 3 nitrogen and oxygen atoms in total. The highest BCUT2D eigenvalue weighted by Crippen LogP contribution is 2.08. The van der Waals surface area contributed by atoms with Crippen LogP contribution in [0.3, 0.4) is 0 Å². The predicted octanol–water partition coefficient (Wildman–Crippen LogP) is 0.967. The van der Waals surface area contributed by atoms with Gasteiger partial charge in [0.05, 0.1) is 5.56 Å². The van der Waals surface area contributed by atoms with Gasteiger partial charge in [-0.1, -0.05) is 12.1 Å². The molecule has 0 amide bonds. The number of aromatic carboxylic acids is 1. The highest BCUT2D eigenvalue weighted by molar-refractivity contribution is 5.93. The van der Waals surface area contributed by atoms with Gasteiger partial charge in [-0.15, -0.1) is 0 Å². The number of carbonyl (C=O) groups is 1. The molecule has 0 saturated carbocycles.